The van der Waals surface area contributed by atoms with E-state index < -0.39 is 12.1 Å². The van der Waals surface area contributed by atoms with Crippen LogP contribution in [0.3, 0.4) is 0 Å². The van der Waals surface area contributed by atoms with E-state index >= 15 is 0 Å². The summed E-state index contributed by atoms with van der Waals surface area (Å²) in [4.78, 5) is 11.3. The van der Waals surface area contributed by atoms with E-state index in [0.717, 1.165) is 16.7 Å². The average molecular weight is 255 g/mol. The molecule has 1 heterocycles. The van der Waals surface area contributed by atoms with Crippen molar-refractivity contribution in [2.24, 2.45) is 7.05 Å². The van der Waals surface area contributed by atoms with Crippen LogP contribution < -0.4 is 0 Å². The smallest absolute Gasteiger partial charge is 0.353 e. The van der Waals surface area contributed by atoms with E-state index in [1.807, 2.05) is 24.3 Å². The minimum absolute atomic E-state index is 0.232. The van der Waals surface area contributed by atoms with E-state index in [-0.39, 0.29) is 5.69 Å². The molecule has 1 atom stereocenters. The summed E-state index contributed by atoms with van der Waals surface area (Å²) in [5.41, 5.74) is 3.36. The molecule has 0 fully saturated rings. The standard InChI is InChI=1S/C15H13NO3/c1-16-7-6-11(14(16)15(18)19)12-8-13(17)10-5-3-2-4-9(10)12/h2-8,13,17H,1H3,(H,18,19). The van der Waals surface area contributed by atoms with Gasteiger partial charge in [-0.15, -0.1) is 0 Å². The number of aromatic carboxylic acids is 1. The van der Waals surface area contributed by atoms with E-state index in [1.54, 1.807) is 30.0 Å². The van der Waals surface area contributed by atoms with Crippen molar-refractivity contribution in [1.82, 2.24) is 4.57 Å². The zero-order valence-electron chi connectivity index (χ0n) is 10.4. The molecule has 1 aliphatic carbocycles. The molecular formula is C15H13NO3. The Morgan fingerprint density at radius 3 is 2.68 bits per heavy atom. The summed E-state index contributed by atoms with van der Waals surface area (Å²) in [5.74, 6) is -0.970. The number of aryl methyl sites for hydroxylation is 1. The molecule has 3 rings (SSSR count). The van der Waals surface area contributed by atoms with Crippen molar-refractivity contribution in [3.05, 3.63) is 65.0 Å². The van der Waals surface area contributed by atoms with E-state index in [9.17, 15) is 15.0 Å². The van der Waals surface area contributed by atoms with E-state index in [4.69, 9.17) is 0 Å². The van der Waals surface area contributed by atoms with Gasteiger partial charge in [0.1, 0.15) is 5.69 Å². The largest absolute Gasteiger partial charge is 0.477 e. The molecule has 1 aromatic heterocycles. The number of hydrogen-bond acceptors (Lipinski definition) is 2. The molecule has 19 heavy (non-hydrogen) atoms. The third-order valence-corrected chi connectivity index (χ3v) is 3.46. The zero-order chi connectivity index (χ0) is 13.6. The third kappa shape index (κ3) is 1.69. The number of benzene rings is 1. The molecule has 1 aliphatic rings. The third-order valence-electron chi connectivity index (χ3n) is 3.46. The fraction of sp³-hybridized carbons (Fsp3) is 0.133. The second kappa shape index (κ2) is 4.10. The Hall–Kier alpha value is -2.33. The Bertz CT molecular complexity index is 697. The fourth-order valence-electron chi connectivity index (χ4n) is 2.59. The normalized spacial score (nSPS) is 17.2. The Morgan fingerprint density at radius 2 is 1.95 bits per heavy atom. The lowest BCUT2D eigenvalue weighted by molar-refractivity contribution is 0.0686. The van der Waals surface area contributed by atoms with Crippen LogP contribution in [0.5, 0.6) is 0 Å². The maximum absolute atomic E-state index is 11.3. The zero-order valence-corrected chi connectivity index (χ0v) is 10.4. The molecule has 0 saturated carbocycles. The lowest BCUT2D eigenvalue weighted by Gasteiger charge is -2.06. The van der Waals surface area contributed by atoms with Crippen LogP contribution in [-0.4, -0.2) is 20.7 Å². The Kier molecular flexibility index (Phi) is 2.54. The lowest BCUT2D eigenvalue weighted by Crippen LogP contribution is -2.06. The first kappa shape index (κ1) is 11.7. The van der Waals surface area contributed by atoms with Crippen molar-refractivity contribution in [3.8, 4) is 0 Å². The van der Waals surface area contributed by atoms with Gasteiger partial charge < -0.3 is 14.8 Å². The quantitative estimate of drug-likeness (QED) is 0.864. The highest BCUT2D eigenvalue weighted by molar-refractivity contribution is 5.97. The number of aromatic nitrogens is 1. The van der Waals surface area contributed by atoms with Gasteiger partial charge in [0.15, 0.2) is 0 Å². The molecule has 1 unspecified atom stereocenters. The van der Waals surface area contributed by atoms with Crippen LogP contribution in [0.4, 0.5) is 0 Å². The minimum Gasteiger partial charge on any atom is -0.477 e. The van der Waals surface area contributed by atoms with Gasteiger partial charge in [-0.05, 0) is 28.8 Å². The van der Waals surface area contributed by atoms with Crippen molar-refractivity contribution in [2.45, 2.75) is 6.10 Å². The van der Waals surface area contributed by atoms with Crippen LogP contribution in [-0.2, 0) is 7.05 Å². The summed E-state index contributed by atoms with van der Waals surface area (Å²) in [6, 6.07) is 9.27. The lowest BCUT2D eigenvalue weighted by atomic mass is 9.99. The molecule has 4 heteroatoms. The van der Waals surface area contributed by atoms with Gasteiger partial charge in [0.2, 0.25) is 0 Å². The summed E-state index contributed by atoms with van der Waals surface area (Å²) < 4.78 is 1.58. The van der Waals surface area contributed by atoms with Gasteiger partial charge >= 0.3 is 5.97 Å². The van der Waals surface area contributed by atoms with Crippen molar-refractivity contribution in [1.29, 1.82) is 0 Å². The topological polar surface area (TPSA) is 62.5 Å². The number of carbonyl (C=O) groups is 1. The van der Waals surface area contributed by atoms with Gasteiger partial charge in [-0.25, -0.2) is 4.79 Å². The second-order valence-electron chi connectivity index (χ2n) is 4.61. The Morgan fingerprint density at radius 1 is 1.21 bits per heavy atom. The van der Waals surface area contributed by atoms with Gasteiger partial charge in [0, 0.05) is 18.8 Å². The first-order chi connectivity index (χ1) is 9.09. The predicted molar refractivity (Wildman–Crippen MR) is 70.9 cm³/mol. The Balaban J connectivity index is 2.20. The second-order valence-corrected chi connectivity index (χ2v) is 4.61. The number of aliphatic hydroxyl groups excluding tert-OH is 1. The average Bonchev–Trinajstić information content (AvgIpc) is 2.91. The van der Waals surface area contributed by atoms with Gasteiger partial charge in [0.25, 0.3) is 0 Å². The van der Waals surface area contributed by atoms with Gasteiger partial charge in [-0.2, -0.15) is 0 Å². The van der Waals surface area contributed by atoms with Crippen molar-refractivity contribution >= 4 is 11.5 Å². The first-order valence-corrected chi connectivity index (χ1v) is 5.97. The predicted octanol–water partition coefficient (Wildman–Crippen LogP) is 2.20. The highest BCUT2D eigenvalue weighted by Gasteiger charge is 2.26. The summed E-state index contributed by atoms with van der Waals surface area (Å²) in [5, 5.41) is 19.3. The van der Waals surface area contributed by atoms with E-state index in [1.165, 1.54) is 0 Å². The number of fused-ring (bicyclic) bond motifs is 1. The molecular weight excluding hydrogens is 242 g/mol. The van der Waals surface area contributed by atoms with Crippen molar-refractivity contribution in [2.75, 3.05) is 0 Å². The van der Waals surface area contributed by atoms with Crippen LogP contribution in [0.2, 0.25) is 0 Å². The maximum Gasteiger partial charge on any atom is 0.353 e. The number of carboxylic acid groups (broad SMARTS) is 1. The molecule has 0 spiro atoms. The van der Waals surface area contributed by atoms with Crippen LogP contribution >= 0.6 is 0 Å². The number of carboxylic acids is 1. The highest BCUT2D eigenvalue weighted by atomic mass is 16.4. The van der Waals surface area contributed by atoms with Crippen LogP contribution in [0.25, 0.3) is 5.57 Å². The monoisotopic (exact) mass is 255 g/mol. The molecule has 96 valence electrons. The van der Waals surface area contributed by atoms with Gasteiger partial charge in [-0.1, -0.05) is 24.3 Å². The van der Waals surface area contributed by atoms with E-state index in [2.05, 4.69) is 0 Å². The highest BCUT2D eigenvalue weighted by Crippen LogP contribution is 2.39. The molecule has 0 radical (unpaired) electrons. The molecule has 2 N–H and O–H groups in total. The van der Waals surface area contributed by atoms with Crippen molar-refractivity contribution < 1.29 is 15.0 Å². The summed E-state index contributed by atoms with van der Waals surface area (Å²) >= 11 is 0. The van der Waals surface area contributed by atoms with Gasteiger partial charge in [0.05, 0.1) is 6.10 Å². The molecule has 1 aromatic carbocycles. The Labute approximate surface area is 110 Å². The van der Waals surface area contributed by atoms with Crippen LogP contribution in [0.15, 0.2) is 42.6 Å². The number of rotatable bonds is 2. The fourth-order valence-corrected chi connectivity index (χ4v) is 2.59. The van der Waals surface area contributed by atoms with Crippen LogP contribution in [0, 0.1) is 0 Å². The van der Waals surface area contributed by atoms with Crippen LogP contribution in [0.1, 0.15) is 33.3 Å². The molecule has 2 aromatic rings. The van der Waals surface area contributed by atoms with Gasteiger partial charge in [-0.3, -0.25) is 0 Å². The SMILES string of the molecule is Cn1ccc(C2=CC(O)c3ccccc32)c1C(=O)O. The minimum atomic E-state index is -0.970. The molecule has 4 nitrogen and oxygen atoms in total. The number of hydrogen-bond donors (Lipinski definition) is 2. The summed E-state index contributed by atoms with van der Waals surface area (Å²) in [7, 11) is 1.70. The van der Waals surface area contributed by atoms with E-state index in [0.29, 0.717) is 5.56 Å². The summed E-state index contributed by atoms with van der Waals surface area (Å²) in [6.07, 6.45) is 2.74. The maximum atomic E-state index is 11.3. The number of nitrogens with zero attached hydrogens (tertiary/aromatic N) is 1. The molecule has 0 bridgehead atoms. The summed E-state index contributed by atoms with van der Waals surface area (Å²) in [6.45, 7) is 0. The molecule has 0 aliphatic heterocycles. The molecule has 0 amide bonds. The number of aliphatic hydroxyl groups is 1. The van der Waals surface area contributed by atoms with Crippen molar-refractivity contribution in [3.63, 3.8) is 0 Å². The molecule has 0 saturated heterocycles. The first-order valence-electron chi connectivity index (χ1n) is 5.97.